The van der Waals surface area contributed by atoms with Crippen LogP contribution in [0.25, 0.3) is 0 Å². The standard InChI is InChI=1S/C9H18Br2/c1-2-6-9(11)7-4-3-5-8-10/h9H,2-8H2,1H3. The Bertz CT molecular complexity index is 74.0. The van der Waals surface area contributed by atoms with Crippen molar-refractivity contribution in [2.45, 2.75) is 50.3 Å². The first kappa shape index (κ1) is 12.0. The topological polar surface area (TPSA) is 0 Å². The SMILES string of the molecule is CCCC(Br)CCCCCBr. The van der Waals surface area contributed by atoms with Crippen LogP contribution < -0.4 is 0 Å². The summed E-state index contributed by atoms with van der Waals surface area (Å²) in [6, 6.07) is 0. The molecule has 0 heterocycles. The van der Waals surface area contributed by atoms with Gasteiger partial charge in [-0.15, -0.1) is 0 Å². The fraction of sp³-hybridized carbons (Fsp3) is 1.00. The Labute approximate surface area is 87.4 Å². The Kier molecular flexibility index (Phi) is 9.84. The van der Waals surface area contributed by atoms with E-state index >= 15 is 0 Å². The number of hydrogen-bond acceptors (Lipinski definition) is 0. The molecule has 0 spiro atoms. The Morgan fingerprint density at radius 1 is 1.09 bits per heavy atom. The van der Waals surface area contributed by atoms with Crippen LogP contribution in [-0.4, -0.2) is 10.2 Å². The van der Waals surface area contributed by atoms with Crippen LogP contribution >= 0.6 is 31.9 Å². The van der Waals surface area contributed by atoms with Gasteiger partial charge in [0.05, 0.1) is 0 Å². The van der Waals surface area contributed by atoms with Crippen molar-refractivity contribution in [1.82, 2.24) is 0 Å². The van der Waals surface area contributed by atoms with Gasteiger partial charge in [-0.05, 0) is 19.3 Å². The van der Waals surface area contributed by atoms with E-state index in [9.17, 15) is 0 Å². The largest absolute Gasteiger partial charge is 0.0928 e. The molecule has 0 aromatic carbocycles. The molecular formula is C9H18Br2. The van der Waals surface area contributed by atoms with Gasteiger partial charge in [0, 0.05) is 10.2 Å². The average Bonchev–Trinajstić information content (AvgIpc) is 1.99. The first-order chi connectivity index (χ1) is 5.31. The third-order valence-electron chi connectivity index (χ3n) is 1.75. The van der Waals surface area contributed by atoms with Gasteiger partial charge in [-0.3, -0.25) is 0 Å². The van der Waals surface area contributed by atoms with Gasteiger partial charge >= 0.3 is 0 Å². The molecule has 0 aliphatic heterocycles. The maximum atomic E-state index is 3.68. The third-order valence-corrected chi connectivity index (χ3v) is 3.23. The van der Waals surface area contributed by atoms with Gasteiger partial charge in [-0.2, -0.15) is 0 Å². The number of halogens is 2. The second kappa shape index (κ2) is 9.05. The van der Waals surface area contributed by atoms with Crippen LogP contribution in [0.4, 0.5) is 0 Å². The summed E-state index contributed by atoms with van der Waals surface area (Å²) in [5, 5.41) is 1.16. The zero-order valence-electron chi connectivity index (χ0n) is 7.28. The maximum Gasteiger partial charge on any atom is 0.0145 e. The minimum absolute atomic E-state index is 0.767. The molecular weight excluding hydrogens is 268 g/mol. The lowest BCUT2D eigenvalue weighted by Crippen LogP contribution is -1.96. The molecule has 0 aliphatic carbocycles. The summed E-state index contributed by atoms with van der Waals surface area (Å²) in [6.07, 6.45) is 8.05. The lowest BCUT2D eigenvalue weighted by atomic mass is 10.1. The van der Waals surface area contributed by atoms with Crippen LogP contribution in [0.1, 0.15) is 45.4 Å². The molecule has 0 aliphatic rings. The van der Waals surface area contributed by atoms with Crippen molar-refractivity contribution >= 4 is 31.9 Å². The highest BCUT2D eigenvalue weighted by Crippen LogP contribution is 2.16. The van der Waals surface area contributed by atoms with E-state index in [1.165, 1.54) is 38.5 Å². The molecule has 0 N–H and O–H groups in total. The molecule has 1 atom stereocenters. The van der Waals surface area contributed by atoms with E-state index < -0.39 is 0 Å². The summed E-state index contributed by atoms with van der Waals surface area (Å²) in [7, 11) is 0. The summed E-state index contributed by atoms with van der Waals surface area (Å²) in [5.41, 5.74) is 0. The van der Waals surface area contributed by atoms with E-state index in [-0.39, 0.29) is 0 Å². The Balaban J connectivity index is 2.97. The van der Waals surface area contributed by atoms with Crippen molar-refractivity contribution in [3.05, 3.63) is 0 Å². The average molecular weight is 286 g/mol. The number of alkyl halides is 2. The molecule has 0 saturated carbocycles. The molecule has 2 heteroatoms. The van der Waals surface area contributed by atoms with Crippen LogP contribution in [0.15, 0.2) is 0 Å². The fourth-order valence-electron chi connectivity index (χ4n) is 1.09. The van der Waals surface area contributed by atoms with E-state index in [2.05, 4.69) is 38.8 Å². The van der Waals surface area contributed by atoms with Gasteiger partial charge in [0.15, 0.2) is 0 Å². The smallest absolute Gasteiger partial charge is 0.0145 e. The molecule has 0 nitrogen and oxygen atoms in total. The highest BCUT2D eigenvalue weighted by molar-refractivity contribution is 9.09. The zero-order chi connectivity index (χ0) is 8.53. The summed E-state index contributed by atoms with van der Waals surface area (Å²) < 4.78 is 0. The second-order valence-corrected chi connectivity index (χ2v) is 5.01. The highest BCUT2D eigenvalue weighted by Gasteiger charge is 2.00. The highest BCUT2D eigenvalue weighted by atomic mass is 79.9. The second-order valence-electron chi connectivity index (χ2n) is 2.92. The molecule has 0 aromatic heterocycles. The molecule has 0 fully saturated rings. The predicted molar refractivity (Wildman–Crippen MR) is 59.9 cm³/mol. The summed E-state index contributed by atoms with van der Waals surface area (Å²) in [4.78, 5) is 0.767. The van der Waals surface area contributed by atoms with Gasteiger partial charge in [0.1, 0.15) is 0 Å². The lowest BCUT2D eigenvalue weighted by molar-refractivity contribution is 0.623. The van der Waals surface area contributed by atoms with Gasteiger partial charge < -0.3 is 0 Å². The van der Waals surface area contributed by atoms with Crippen molar-refractivity contribution < 1.29 is 0 Å². The monoisotopic (exact) mass is 284 g/mol. The van der Waals surface area contributed by atoms with Gasteiger partial charge in [0.25, 0.3) is 0 Å². The van der Waals surface area contributed by atoms with Crippen LogP contribution in [0.5, 0.6) is 0 Å². The molecule has 0 radical (unpaired) electrons. The number of unbranched alkanes of at least 4 members (excludes halogenated alkanes) is 2. The maximum absolute atomic E-state index is 3.68. The Morgan fingerprint density at radius 3 is 2.36 bits per heavy atom. The summed E-state index contributed by atoms with van der Waals surface area (Å²) >= 11 is 7.11. The molecule has 0 rings (SSSR count). The van der Waals surface area contributed by atoms with E-state index in [0.717, 1.165) is 10.2 Å². The van der Waals surface area contributed by atoms with E-state index in [1.54, 1.807) is 0 Å². The van der Waals surface area contributed by atoms with Gasteiger partial charge in [0.2, 0.25) is 0 Å². The van der Waals surface area contributed by atoms with E-state index in [0.29, 0.717) is 0 Å². The first-order valence-corrected chi connectivity index (χ1v) is 6.55. The molecule has 0 aromatic rings. The molecule has 0 amide bonds. The molecule has 11 heavy (non-hydrogen) atoms. The first-order valence-electron chi connectivity index (χ1n) is 4.51. The van der Waals surface area contributed by atoms with Crippen LogP contribution in [0, 0.1) is 0 Å². The lowest BCUT2D eigenvalue weighted by Gasteiger charge is -2.06. The van der Waals surface area contributed by atoms with E-state index in [4.69, 9.17) is 0 Å². The van der Waals surface area contributed by atoms with Gasteiger partial charge in [-0.25, -0.2) is 0 Å². The predicted octanol–water partition coefficient (Wildman–Crippen LogP) is 4.51. The third kappa shape index (κ3) is 8.87. The molecule has 1 unspecified atom stereocenters. The van der Waals surface area contributed by atoms with Crippen molar-refractivity contribution in [1.29, 1.82) is 0 Å². The normalized spacial score (nSPS) is 13.4. The summed E-state index contributed by atoms with van der Waals surface area (Å²) in [6.45, 7) is 2.24. The van der Waals surface area contributed by atoms with Crippen LogP contribution in [-0.2, 0) is 0 Å². The number of rotatable bonds is 7. The zero-order valence-corrected chi connectivity index (χ0v) is 10.5. The van der Waals surface area contributed by atoms with E-state index in [1.807, 2.05) is 0 Å². The molecule has 0 saturated heterocycles. The Morgan fingerprint density at radius 2 is 1.82 bits per heavy atom. The van der Waals surface area contributed by atoms with Crippen molar-refractivity contribution in [3.63, 3.8) is 0 Å². The van der Waals surface area contributed by atoms with Crippen molar-refractivity contribution in [3.8, 4) is 0 Å². The molecule has 68 valence electrons. The minimum Gasteiger partial charge on any atom is -0.0928 e. The number of hydrogen-bond donors (Lipinski definition) is 0. The van der Waals surface area contributed by atoms with Crippen LogP contribution in [0.3, 0.4) is 0 Å². The van der Waals surface area contributed by atoms with Crippen molar-refractivity contribution in [2.75, 3.05) is 5.33 Å². The Hall–Kier alpha value is 0.960. The fourth-order valence-corrected chi connectivity index (χ4v) is 2.27. The quantitative estimate of drug-likeness (QED) is 0.477. The summed E-state index contributed by atoms with van der Waals surface area (Å²) in [5.74, 6) is 0. The van der Waals surface area contributed by atoms with Gasteiger partial charge in [-0.1, -0.05) is 58.0 Å². The minimum atomic E-state index is 0.767. The van der Waals surface area contributed by atoms with Crippen LogP contribution in [0.2, 0.25) is 0 Å². The molecule has 0 bridgehead atoms. The van der Waals surface area contributed by atoms with Crippen molar-refractivity contribution in [2.24, 2.45) is 0 Å².